The lowest BCUT2D eigenvalue weighted by Crippen LogP contribution is -2.48. The van der Waals surface area contributed by atoms with Crippen molar-refractivity contribution < 1.29 is 0 Å². The van der Waals surface area contributed by atoms with E-state index in [9.17, 15) is 0 Å². The number of hydrogen-bond donors (Lipinski definition) is 0. The first-order valence-corrected chi connectivity index (χ1v) is 14.3. The lowest BCUT2D eigenvalue weighted by Gasteiger charge is -2.33. The minimum atomic E-state index is 0.0172. The molecule has 0 aliphatic carbocycles. The third-order valence-corrected chi connectivity index (χ3v) is 12.0. The van der Waals surface area contributed by atoms with Crippen molar-refractivity contribution in [2.75, 3.05) is 13.1 Å². The highest BCUT2D eigenvalue weighted by Gasteiger charge is 2.17. The van der Waals surface area contributed by atoms with Gasteiger partial charge >= 0.3 is 0 Å². The van der Waals surface area contributed by atoms with E-state index in [0.717, 1.165) is 12.1 Å². The Morgan fingerprint density at radius 1 is 0.700 bits per heavy atom. The number of rotatable bonds is 13. The Kier molecular flexibility index (Phi) is 13.3. The molecule has 0 bridgehead atoms. The van der Waals surface area contributed by atoms with E-state index in [1.54, 1.807) is 0 Å². The summed E-state index contributed by atoms with van der Waals surface area (Å²) in [6.45, 7) is 17.0. The highest BCUT2D eigenvalue weighted by atomic mass is 29.2. The van der Waals surface area contributed by atoms with Crippen LogP contribution < -0.4 is 0 Å². The standard InChI is InChI=1S/C16H40N2Si2/c1-7-11-13-17(15(5)9-3)19-20-18(14-12-8-2)16(6)10-4/h15-16H,7-14,19-20H2,1-6H3. The van der Waals surface area contributed by atoms with Gasteiger partial charge in [0.1, 0.15) is 0 Å². The highest BCUT2D eigenvalue weighted by molar-refractivity contribution is 6.97. The molecule has 0 radical (unpaired) electrons. The van der Waals surface area contributed by atoms with E-state index in [1.807, 2.05) is 0 Å². The molecule has 0 amide bonds. The van der Waals surface area contributed by atoms with E-state index in [-0.39, 0.29) is 18.4 Å². The summed E-state index contributed by atoms with van der Waals surface area (Å²) in [4.78, 5) is 0. The third kappa shape index (κ3) is 8.60. The second kappa shape index (κ2) is 13.0. The molecule has 0 fully saturated rings. The summed E-state index contributed by atoms with van der Waals surface area (Å²) in [6, 6.07) is 1.65. The van der Waals surface area contributed by atoms with Gasteiger partial charge in [-0.25, -0.2) is 0 Å². The van der Waals surface area contributed by atoms with Crippen molar-refractivity contribution in [1.82, 2.24) is 9.13 Å². The molecule has 0 aromatic heterocycles. The van der Waals surface area contributed by atoms with Crippen LogP contribution in [-0.2, 0) is 0 Å². The van der Waals surface area contributed by atoms with E-state index < -0.39 is 0 Å². The van der Waals surface area contributed by atoms with Gasteiger partial charge in [-0.05, 0) is 50.9 Å². The van der Waals surface area contributed by atoms with Crippen LogP contribution in [0.15, 0.2) is 0 Å². The summed E-state index contributed by atoms with van der Waals surface area (Å²) in [7, 11) is 0.0343. The van der Waals surface area contributed by atoms with Gasteiger partial charge in [-0.15, -0.1) is 0 Å². The molecule has 122 valence electrons. The Morgan fingerprint density at radius 3 is 1.30 bits per heavy atom. The Bertz CT molecular complexity index is 193. The lowest BCUT2D eigenvalue weighted by molar-refractivity contribution is 0.326. The minimum Gasteiger partial charge on any atom is -0.328 e. The van der Waals surface area contributed by atoms with Gasteiger partial charge in [-0.1, -0.05) is 54.4 Å². The fourth-order valence-electron chi connectivity index (χ4n) is 2.60. The number of nitrogens with zero attached hydrogens (tertiary/aromatic N) is 2. The van der Waals surface area contributed by atoms with Crippen molar-refractivity contribution in [3.8, 4) is 0 Å². The summed E-state index contributed by atoms with van der Waals surface area (Å²) >= 11 is 0. The molecule has 0 rings (SSSR count). The van der Waals surface area contributed by atoms with Gasteiger partial charge < -0.3 is 9.13 Å². The van der Waals surface area contributed by atoms with Gasteiger partial charge in [-0.2, -0.15) is 0 Å². The van der Waals surface area contributed by atoms with Crippen molar-refractivity contribution in [1.29, 1.82) is 0 Å². The first kappa shape index (κ1) is 20.4. The Hall–Kier alpha value is 0.354. The van der Waals surface area contributed by atoms with Crippen LogP contribution in [0, 0.1) is 0 Å². The minimum absolute atomic E-state index is 0.0172. The molecular weight excluding hydrogens is 276 g/mol. The summed E-state index contributed by atoms with van der Waals surface area (Å²) in [5.41, 5.74) is 0. The topological polar surface area (TPSA) is 6.48 Å². The van der Waals surface area contributed by atoms with Gasteiger partial charge in [0.05, 0.1) is 18.4 Å². The maximum atomic E-state index is 2.90. The molecule has 0 spiro atoms. The second-order valence-corrected chi connectivity index (χ2v) is 11.5. The smallest absolute Gasteiger partial charge is 0.0971 e. The SMILES string of the molecule is CCCCN([SiH2][SiH2]N(CCCC)C(C)CC)C(C)CC. The summed E-state index contributed by atoms with van der Waals surface area (Å²) in [5.74, 6) is 0. The molecule has 2 nitrogen and oxygen atoms in total. The van der Waals surface area contributed by atoms with Crippen molar-refractivity contribution in [3.63, 3.8) is 0 Å². The van der Waals surface area contributed by atoms with Crippen LogP contribution in [0.4, 0.5) is 0 Å². The van der Waals surface area contributed by atoms with Gasteiger partial charge in [-0.3, -0.25) is 0 Å². The third-order valence-electron chi connectivity index (χ3n) is 4.70. The summed E-state index contributed by atoms with van der Waals surface area (Å²) < 4.78 is 5.80. The molecule has 0 aliphatic heterocycles. The molecule has 0 aromatic rings. The van der Waals surface area contributed by atoms with Crippen molar-refractivity contribution in [2.24, 2.45) is 0 Å². The first-order chi connectivity index (χ1) is 9.60. The predicted molar refractivity (Wildman–Crippen MR) is 99.8 cm³/mol. The van der Waals surface area contributed by atoms with Crippen LogP contribution in [0.1, 0.15) is 80.1 Å². The average Bonchev–Trinajstić information content (AvgIpc) is 2.48. The van der Waals surface area contributed by atoms with Crippen molar-refractivity contribution in [2.45, 2.75) is 92.2 Å². The number of hydrogen-bond acceptors (Lipinski definition) is 2. The first-order valence-electron chi connectivity index (χ1n) is 9.08. The van der Waals surface area contributed by atoms with E-state index in [0.29, 0.717) is 0 Å². The molecule has 2 atom stereocenters. The molecule has 4 heteroatoms. The normalized spacial score (nSPS) is 16.2. The maximum absolute atomic E-state index is 2.90. The van der Waals surface area contributed by atoms with Crippen LogP contribution >= 0.6 is 0 Å². The lowest BCUT2D eigenvalue weighted by atomic mass is 10.2. The van der Waals surface area contributed by atoms with E-state index >= 15 is 0 Å². The molecule has 0 aromatic carbocycles. The second-order valence-electron chi connectivity index (χ2n) is 6.29. The van der Waals surface area contributed by atoms with Gasteiger partial charge in [0.15, 0.2) is 0 Å². The molecule has 0 N–H and O–H groups in total. The van der Waals surface area contributed by atoms with Crippen molar-refractivity contribution in [3.05, 3.63) is 0 Å². The zero-order valence-corrected chi connectivity index (χ0v) is 17.9. The fourth-order valence-corrected chi connectivity index (χ4v) is 10.9. The molecule has 20 heavy (non-hydrogen) atoms. The number of unbranched alkanes of at least 4 members (excludes halogenated alkanes) is 2. The molecule has 0 heterocycles. The largest absolute Gasteiger partial charge is 0.328 e. The van der Waals surface area contributed by atoms with Crippen LogP contribution in [0.25, 0.3) is 0 Å². The molecule has 0 saturated carbocycles. The summed E-state index contributed by atoms with van der Waals surface area (Å²) in [6.07, 6.45) is 8.11. The molecule has 0 saturated heterocycles. The van der Waals surface area contributed by atoms with E-state index in [4.69, 9.17) is 0 Å². The predicted octanol–water partition coefficient (Wildman–Crippen LogP) is 2.87. The van der Waals surface area contributed by atoms with Crippen LogP contribution in [-0.4, -0.2) is 52.7 Å². The van der Waals surface area contributed by atoms with Crippen LogP contribution in [0.2, 0.25) is 0 Å². The Labute approximate surface area is 133 Å². The maximum Gasteiger partial charge on any atom is 0.0971 e. The van der Waals surface area contributed by atoms with Gasteiger partial charge in [0.25, 0.3) is 0 Å². The van der Waals surface area contributed by atoms with E-state index in [2.05, 4.69) is 50.7 Å². The van der Waals surface area contributed by atoms with E-state index in [1.165, 1.54) is 51.6 Å². The quantitative estimate of drug-likeness (QED) is 0.482. The monoisotopic (exact) mass is 316 g/mol. The summed E-state index contributed by atoms with van der Waals surface area (Å²) in [5, 5.41) is 0. The molecule has 0 aliphatic rings. The zero-order chi connectivity index (χ0) is 15.4. The van der Waals surface area contributed by atoms with Gasteiger partial charge in [0.2, 0.25) is 0 Å². The molecule has 2 unspecified atom stereocenters. The van der Waals surface area contributed by atoms with Crippen molar-refractivity contribution >= 4 is 18.4 Å². The zero-order valence-electron chi connectivity index (χ0n) is 15.1. The average molecular weight is 317 g/mol. The fraction of sp³-hybridized carbons (Fsp3) is 1.00. The highest BCUT2D eigenvalue weighted by Crippen LogP contribution is 2.07. The van der Waals surface area contributed by atoms with Crippen LogP contribution in [0.3, 0.4) is 0 Å². The molecular formula is C16H40N2Si2. The van der Waals surface area contributed by atoms with Gasteiger partial charge in [0, 0.05) is 0 Å². The Balaban J connectivity index is 4.35. The van der Waals surface area contributed by atoms with Crippen LogP contribution in [0.5, 0.6) is 0 Å². The Morgan fingerprint density at radius 2 is 1.05 bits per heavy atom.